The lowest BCUT2D eigenvalue weighted by Crippen LogP contribution is -2.26. The van der Waals surface area contributed by atoms with E-state index in [4.69, 9.17) is 0 Å². The molecular weight excluding hydrogens is 390 g/mol. The van der Waals surface area contributed by atoms with Gasteiger partial charge in [-0.1, -0.05) is 22.0 Å². The van der Waals surface area contributed by atoms with Crippen LogP contribution in [0.3, 0.4) is 0 Å². The number of nitrogens with one attached hydrogen (secondary N) is 2. The number of aryl methyl sites for hydroxylation is 2. The number of hydrogen-bond donors (Lipinski definition) is 2. The highest BCUT2D eigenvalue weighted by atomic mass is 79.9. The van der Waals surface area contributed by atoms with Gasteiger partial charge in [-0.3, -0.25) is 9.59 Å². The number of anilines is 1. The van der Waals surface area contributed by atoms with Gasteiger partial charge in [0.2, 0.25) is 11.8 Å². The van der Waals surface area contributed by atoms with Gasteiger partial charge in [-0.05, 0) is 37.6 Å². The lowest BCUT2D eigenvalue weighted by atomic mass is 10.2. The van der Waals surface area contributed by atoms with Gasteiger partial charge in [0.1, 0.15) is 0 Å². The molecule has 0 aliphatic rings. The standard InChI is InChI=1S/C17H18BrN3O2S/c1-11-3-4-13(18)9-15(11)21-17(23)7-8-19-16(22)6-5-14-10-24-12(2)20-14/h3-6,9-10H,7-8H2,1-2H3,(H,19,22)(H,21,23)/b6-5+. The van der Waals surface area contributed by atoms with Crippen LogP contribution in [-0.4, -0.2) is 23.3 Å². The van der Waals surface area contributed by atoms with Crippen molar-refractivity contribution in [1.82, 2.24) is 10.3 Å². The Bertz CT molecular complexity index is 771. The molecule has 0 atom stereocenters. The molecule has 2 rings (SSSR count). The van der Waals surface area contributed by atoms with Gasteiger partial charge in [0.05, 0.1) is 10.7 Å². The molecule has 0 unspecified atom stereocenters. The van der Waals surface area contributed by atoms with E-state index in [-0.39, 0.29) is 24.8 Å². The summed E-state index contributed by atoms with van der Waals surface area (Å²) in [5.41, 5.74) is 2.51. The molecule has 24 heavy (non-hydrogen) atoms. The second-order valence-electron chi connectivity index (χ2n) is 5.17. The number of nitrogens with zero attached hydrogens (tertiary/aromatic N) is 1. The van der Waals surface area contributed by atoms with E-state index >= 15 is 0 Å². The summed E-state index contributed by atoms with van der Waals surface area (Å²) < 4.78 is 0.902. The van der Waals surface area contributed by atoms with Gasteiger partial charge in [-0.25, -0.2) is 4.98 Å². The van der Waals surface area contributed by atoms with Crippen LogP contribution in [0.2, 0.25) is 0 Å². The Morgan fingerprint density at radius 2 is 2.12 bits per heavy atom. The van der Waals surface area contributed by atoms with Crippen molar-refractivity contribution in [3.63, 3.8) is 0 Å². The predicted molar refractivity (Wildman–Crippen MR) is 101 cm³/mol. The molecule has 2 N–H and O–H groups in total. The van der Waals surface area contributed by atoms with Crippen molar-refractivity contribution >= 4 is 50.8 Å². The highest BCUT2D eigenvalue weighted by Crippen LogP contribution is 2.20. The van der Waals surface area contributed by atoms with E-state index in [1.165, 1.54) is 17.4 Å². The summed E-state index contributed by atoms with van der Waals surface area (Å²) in [6, 6.07) is 5.69. The van der Waals surface area contributed by atoms with Crippen molar-refractivity contribution in [2.75, 3.05) is 11.9 Å². The number of aromatic nitrogens is 1. The summed E-state index contributed by atoms with van der Waals surface area (Å²) in [4.78, 5) is 27.9. The minimum absolute atomic E-state index is 0.143. The van der Waals surface area contributed by atoms with Crippen molar-refractivity contribution in [2.24, 2.45) is 0 Å². The Morgan fingerprint density at radius 1 is 1.33 bits per heavy atom. The summed E-state index contributed by atoms with van der Waals surface area (Å²) in [5, 5.41) is 8.36. The number of thiazole rings is 1. The number of amides is 2. The molecule has 0 spiro atoms. The maximum atomic E-state index is 11.9. The van der Waals surface area contributed by atoms with Crippen LogP contribution in [0.5, 0.6) is 0 Å². The Morgan fingerprint density at radius 3 is 2.83 bits per heavy atom. The fourth-order valence-corrected chi connectivity index (χ4v) is 2.86. The average Bonchev–Trinajstić information content (AvgIpc) is 2.94. The van der Waals surface area contributed by atoms with E-state index < -0.39 is 0 Å². The van der Waals surface area contributed by atoms with Gasteiger partial charge in [0, 0.05) is 34.6 Å². The number of halogens is 1. The van der Waals surface area contributed by atoms with Gasteiger partial charge in [-0.15, -0.1) is 11.3 Å². The third-order valence-corrected chi connectivity index (χ3v) is 4.45. The van der Waals surface area contributed by atoms with Crippen molar-refractivity contribution in [2.45, 2.75) is 20.3 Å². The van der Waals surface area contributed by atoms with Crippen molar-refractivity contribution in [3.8, 4) is 0 Å². The topological polar surface area (TPSA) is 71.1 Å². The van der Waals surface area contributed by atoms with Crippen LogP contribution in [0, 0.1) is 13.8 Å². The minimum atomic E-state index is -0.243. The van der Waals surface area contributed by atoms with Crippen molar-refractivity contribution in [1.29, 1.82) is 0 Å². The number of carbonyl (C=O) groups is 2. The van der Waals surface area contributed by atoms with E-state index in [9.17, 15) is 9.59 Å². The zero-order chi connectivity index (χ0) is 17.5. The van der Waals surface area contributed by atoms with E-state index in [0.29, 0.717) is 0 Å². The van der Waals surface area contributed by atoms with Gasteiger partial charge in [-0.2, -0.15) is 0 Å². The van der Waals surface area contributed by atoms with E-state index in [1.807, 2.05) is 37.4 Å². The normalized spacial score (nSPS) is 10.8. The molecule has 1 heterocycles. The molecule has 1 aromatic heterocycles. The Hall–Kier alpha value is -1.99. The molecule has 0 saturated carbocycles. The van der Waals surface area contributed by atoms with E-state index in [2.05, 4.69) is 31.5 Å². The SMILES string of the molecule is Cc1nc(/C=C/C(=O)NCCC(=O)Nc2cc(Br)ccc2C)cs1. The lowest BCUT2D eigenvalue weighted by Gasteiger charge is -2.09. The molecule has 0 saturated heterocycles. The maximum absolute atomic E-state index is 11.9. The number of carbonyl (C=O) groups excluding carboxylic acids is 2. The fourth-order valence-electron chi connectivity index (χ4n) is 1.92. The van der Waals surface area contributed by atoms with Gasteiger partial charge in [0.25, 0.3) is 0 Å². The molecule has 5 nitrogen and oxygen atoms in total. The maximum Gasteiger partial charge on any atom is 0.244 e. The third-order valence-electron chi connectivity index (χ3n) is 3.17. The zero-order valence-electron chi connectivity index (χ0n) is 13.4. The molecule has 0 radical (unpaired) electrons. The minimum Gasteiger partial charge on any atom is -0.352 e. The predicted octanol–water partition coefficient (Wildman–Crippen LogP) is 3.68. The van der Waals surface area contributed by atoms with Crippen LogP contribution in [0.1, 0.15) is 22.7 Å². The Kier molecular flexibility index (Phi) is 6.69. The van der Waals surface area contributed by atoms with Gasteiger partial charge >= 0.3 is 0 Å². The number of benzene rings is 1. The Balaban J connectivity index is 1.75. The molecule has 0 aliphatic carbocycles. The van der Waals surface area contributed by atoms with Crippen LogP contribution in [0.25, 0.3) is 6.08 Å². The zero-order valence-corrected chi connectivity index (χ0v) is 15.8. The second-order valence-corrected chi connectivity index (χ2v) is 7.15. The van der Waals surface area contributed by atoms with E-state index in [1.54, 1.807) is 6.08 Å². The first-order valence-corrected chi connectivity index (χ1v) is 9.05. The first-order chi connectivity index (χ1) is 11.4. The Labute approximate surface area is 153 Å². The van der Waals surface area contributed by atoms with Crippen LogP contribution in [-0.2, 0) is 9.59 Å². The quantitative estimate of drug-likeness (QED) is 0.717. The summed E-state index contributed by atoms with van der Waals surface area (Å²) in [6.45, 7) is 4.11. The van der Waals surface area contributed by atoms with Crippen LogP contribution in [0.4, 0.5) is 5.69 Å². The van der Waals surface area contributed by atoms with Gasteiger partial charge < -0.3 is 10.6 Å². The molecule has 7 heteroatoms. The van der Waals surface area contributed by atoms with Crippen molar-refractivity contribution in [3.05, 3.63) is 50.4 Å². The largest absolute Gasteiger partial charge is 0.352 e. The van der Waals surface area contributed by atoms with Crippen LogP contribution < -0.4 is 10.6 Å². The van der Waals surface area contributed by atoms with Crippen LogP contribution in [0.15, 0.2) is 34.1 Å². The molecule has 0 fully saturated rings. The fraction of sp³-hybridized carbons (Fsp3) is 0.235. The highest BCUT2D eigenvalue weighted by molar-refractivity contribution is 9.10. The molecule has 0 bridgehead atoms. The molecule has 2 aromatic rings. The number of hydrogen-bond acceptors (Lipinski definition) is 4. The summed E-state index contributed by atoms with van der Waals surface area (Å²) in [5.74, 6) is -0.386. The third kappa shape index (κ3) is 5.90. The van der Waals surface area contributed by atoms with E-state index in [0.717, 1.165) is 26.4 Å². The molecule has 126 valence electrons. The van der Waals surface area contributed by atoms with Crippen molar-refractivity contribution < 1.29 is 9.59 Å². The average molecular weight is 408 g/mol. The smallest absolute Gasteiger partial charge is 0.244 e. The first kappa shape index (κ1) is 18.4. The molecule has 2 amide bonds. The monoisotopic (exact) mass is 407 g/mol. The molecular formula is C17H18BrN3O2S. The molecule has 1 aromatic carbocycles. The van der Waals surface area contributed by atoms with Gasteiger partial charge in [0.15, 0.2) is 0 Å². The number of rotatable bonds is 6. The highest BCUT2D eigenvalue weighted by Gasteiger charge is 2.06. The summed E-state index contributed by atoms with van der Waals surface area (Å²) in [6.07, 6.45) is 3.29. The lowest BCUT2D eigenvalue weighted by molar-refractivity contribution is -0.117. The first-order valence-electron chi connectivity index (χ1n) is 7.38. The van der Waals surface area contributed by atoms with Crippen LogP contribution >= 0.6 is 27.3 Å². The molecule has 0 aliphatic heterocycles. The summed E-state index contributed by atoms with van der Waals surface area (Å²) in [7, 11) is 0. The second kappa shape index (κ2) is 8.75. The summed E-state index contributed by atoms with van der Waals surface area (Å²) >= 11 is 4.91.